The predicted octanol–water partition coefficient (Wildman–Crippen LogP) is 5.12. The normalized spacial score (nSPS) is 17.6. The highest BCUT2D eigenvalue weighted by atomic mass is 19.4. The van der Waals surface area contributed by atoms with Gasteiger partial charge in [0, 0.05) is 6.42 Å². The monoisotopic (exact) mass is 362 g/mol. The molecule has 26 heavy (non-hydrogen) atoms. The fourth-order valence-corrected chi connectivity index (χ4v) is 3.10. The van der Waals surface area contributed by atoms with Gasteiger partial charge in [0.1, 0.15) is 11.5 Å². The van der Waals surface area contributed by atoms with Gasteiger partial charge in [-0.05, 0) is 59.4 Å². The summed E-state index contributed by atoms with van der Waals surface area (Å²) in [4.78, 5) is 12.2. The molecular weight excluding hydrogens is 345 g/mol. The quantitative estimate of drug-likeness (QED) is 0.757. The average molecular weight is 362 g/mol. The van der Waals surface area contributed by atoms with Gasteiger partial charge in [0.2, 0.25) is 0 Å². The lowest BCUT2D eigenvalue weighted by Gasteiger charge is -2.23. The number of ketones is 1. The van der Waals surface area contributed by atoms with Gasteiger partial charge < -0.3 is 9.47 Å². The number of benzene rings is 2. The minimum Gasteiger partial charge on any atom is -0.497 e. The van der Waals surface area contributed by atoms with E-state index in [0.717, 1.165) is 11.3 Å². The maximum Gasteiger partial charge on any atom is 0.573 e. The molecule has 1 atom stereocenters. The smallest absolute Gasteiger partial charge is 0.497 e. The number of methoxy groups -OCH3 is 1. The fraction of sp³-hybridized carbons (Fsp3) is 0.250. The van der Waals surface area contributed by atoms with Gasteiger partial charge in [-0.1, -0.05) is 24.3 Å². The van der Waals surface area contributed by atoms with E-state index in [0.29, 0.717) is 24.0 Å². The number of ether oxygens (including phenoxy) is 2. The molecule has 0 spiro atoms. The first-order valence-electron chi connectivity index (χ1n) is 8.07. The molecule has 136 valence electrons. The largest absolute Gasteiger partial charge is 0.573 e. The van der Waals surface area contributed by atoms with Crippen LogP contribution in [0.25, 0.3) is 5.57 Å². The molecule has 3 rings (SSSR count). The molecular formula is C20H17F3O3. The molecule has 1 unspecified atom stereocenters. The Morgan fingerprint density at radius 3 is 2.38 bits per heavy atom. The van der Waals surface area contributed by atoms with Gasteiger partial charge in [-0.25, -0.2) is 0 Å². The zero-order valence-corrected chi connectivity index (χ0v) is 14.0. The Balaban J connectivity index is 1.83. The van der Waals surface area contributed by atoms with E-state index in [1.807, 2.05) is 24.3 Å². The minimum absolute atomic E-state index is 0.0272. The van der Waals surface area contributed by atoms with Crippen LogP contribution in [0.3, 0.4) is 0 Å². The second kappa shape index (κ2) is 7.23. The second-order valence-electron chi connectivity index (χ2n) is 6.09. The maximum absolute atomic E-state index is 12.4. The number of allylic oxidation sites excluding steroid dienone is 2. The van der Waals surface area contributed by atoms with Crippen molar-refractivity contribution in [1.29, 1.82) is 0 Å². The fourth-order valence-electron chi connectivity index (χ4n) is 3.10. The van der Waals surface area contributed by atoms with Gasteiger partial charge in [0.15, 0.2) is 5.78 Å². The van der Waals surface area contributed by atoms with E-state index < -0.39 is 6.36 Å². The van der Waals surface area contributed by atoms with Crippen molar-refractivity contribution in [3.05, 3.63) is 65.7 Å². The highest BCUT2D eigenvalue weighted by molar-refractivity contribution is 5.99. The first-order chi connectivity index (χ1) is 12.3. The molecule has 0 aromatic heterocycles. The third kappa shape index (κ3) is 4.45. The molecule has 0 saturated heterocycles. The van der Waals surface area contributed by atoms with E-state index in [-0.39, 0.29) is 17.5 Å². The van der Waals surface area contributed by atoms with Gasteiger partial charge in [-0.15, -0.1) is 13.2 Å². The SMILES string of the molecule is COc1ccc(C2CC(=O)C=C(c3cccc(OC(F)(F)F)c3)C2)cc1. The summed E-state index contributed by atoms with van der Waals surface area (Å²) in [5.74, 6) is 0.355. The summed E-state index contributed by atoms with van der Waals surface area (Å²) in [6, 6.07) is 13.2. The van der Waals surface area contributed by atoms with E-state index in [2.05, 4.69) is 4.74 Å². The van der Waals surface area contributed by atoms with Crippen LogP contribution >= 0.6 is 0 Å². The van der Waals surface area contributed by atoms with E-state index in [1.54, 1.807) is 13.2 Å². The van der Waals surface area contributed by atoms with Crippen LogP contribution in [0.5, 0.6) is 11.5 Å². The Labute approximate surface area is 149 Å². The van der Waals surface area contributed by atoms with Crippen LogP contribution in [0.2, 0.25) is 0 Å². The molecule has 0 radical (unpaired) electrons. The number of rotatable bonds is 4. The summed E-state index contributed by atoms with van der Waals surface area (Å²) in [7, 11) is 1.58. The van der Waals surface area contributed by atoms with E-state index in [9.17, 15) is 18.0 Å². The molecule has 6 heteroatoms. The highest BCUT2D eigenvalue weighted by Gasteiger charge is 2.31. The van der Waals surface area contributed by atoms with Gasteiger partial charge in [-0.3, -0.25) is 4.79 Å². The standard InChI is InChI=1S/C20H17F3O3/c1-25-18-7-5-13(6-8-18)15-9-16(11-17(24)10-15)14-3-2-4-19(12-14)26-20(21,22)23/h2-8,11-12,15H,9-10H2,1H3. The highest BCUT2D eigenvalue weighted by Crippen LogP contribution is 2.37. The summed E-state index contributed by atoms with van der Waals surface area (Å²) in [6.45, 7) is 0. The van der Waals surface area contributed by atoms with Crippen LogP contribution in [0.1, 0.15) is 29.9 Å². The van der Waals surface area contributed by atoms with E-state index in [4.69, 9.17) is 4.74 Å². The van der Waals surface area contributed by atoms with Crippen molar-refractivity contribution in [2.45, 2.75) is 25.1 Å². The first-order valence-corrected chi connectivity index (χ1v) is 8.07. The Kier molecular flexibility index (Phi) is 5.02. The zero-order valence-electron chi connectivity index (χ0n) is 14.0. The van der Waals surface area contributed by atoms with Gasteiger partial charge in [0.25, 0.3) is 0 Å². The van der Waals surface area contributed by atoms with Crippen LogP contribution in [0.15, 0.2) is 54.6 Å². The predicted molar refractivity (Wildman–Crippen MR) is 91.1 cm³/mol. The number of carbonyl (C=O) groups is 1. The Hall–Kier alpha value is -2.76. The maximum atomic E-state index is 12.4. The summed E-state index contributed by atoms with van der Waals surface area (Å²) in [5, 5.41) is 0. The third-order valence-electron chi connectivity index (χ3n) is 4.27. The number of carbonyl (C=O) groups excluding carboxylic acids is 1. The van der Waals surface area contributed by atoms with E-state index in [1.165, 1.54) is 24.3 Å². The number of hydrogen-bond acceptors (Lipinski definition) is 3. The number of halogens is 3. The van der Waals surface area contributed by atoms with Crippen molar-refractivity contribution < 1.29 is 27.4 Å². The molecule has 0 aliphatic heterocycles. The lowest BCUT2D eigenvalue weighted by molar-refractivity contribution is -0.274. The Bertz CT molecular complexity index is 823. The number of hydrogen-bond donors (Lipinski definition) is 0. The number of alkyl halides is 3. The Morgan fingerprint density at radius 2 is 1.73 bits per heavy atom. The van der Waals surface area contributed by atoms with Crippen LogP contribution in [-0.2, 0) is 4.79 Å². The summed E-state index contributed by atoms with van der Waals surface area (Å²) < 4.78 is 46.4. The van der Waals surface area contributed by atoms with E-state index >= 15 is 0 Å². The molecule has 0 heterocycles. The molecule has 3 nitrogen and oxygen atoms in total. The lowest BCUT2D eigenvalue weighted by atomic mass is 9.81. The molecule has 1 aliphatic carbocycles. The van der Waals surface area contributed by atoms with Crippen molar-refractivity contribution in [3.8, 4) is 11.5 Å². The topological polar surface area (TPSA) is 35.5 Å². The van der Waals surface area contributed by atoms with Crippen LogP contribution in [0.4, 0.5) is 13.2 Å². The van der Waals surface area contributed by atoms with Crippen molar-refractivity contribution in [2.24, 2.45) is 0 Å². The first kappa shape index (κ1) is 18.0. The van der Waals surface area contributed by atoms with Crippen molar-refractivity contribution in [2.75, 3.05) is 7.11 Å². The summed E-state index contributed by atoms with van der Waals surface area (Å²) >= 11 is 0. The van der Waals surface area contributed by atoms with Crippen LogP contribution < -0.4 is 9.47 Å². The van der Waals surface area contributed by atoms with Crippen molar-refractivity contribution in [1.82, 2.24) is 0 Å². The molecule has 0 saturated carbocycles. The molecule has 0 fully saturated rings. The summed E-state index contributed by atoms with van der Waals surface area (Å²) in [5.41, 5.74) is 2.25. The molecule has 0 N–H and O–H groups in total. The van der Waals surface area contributed by atoms with Crippen molar-refractivity contribution in [3.63, 3.8) is 0 Å². The summed E-state index contributed by atoms with van der Waals surface area (Å²) in [6.07, 6.45) is -2.31. The molecule has 1 aliphatic rings. The van der Waals surface area contributed by atoms with Gasteiger partial charge in [-0.2, -0.15) is 0 Å². The third-order valence-corrected chi connectivity index (χ3v) is 4.27. The zero-order chi connectivity index (χ0) is 18.7. The second-order valence-corrected chi connectivity index (χ2v) is 6.09. The van der Waals surface area contributed by atoms with Crippen LogP contribution in [0, 0.1) is 0 Å². The van der Waals surface area contributed by atoms with Crippen LogP contribution in [-0.4, -0.2) is 19.3 Å². The molecule has 0 amide bonds. The Morgan fingerprint density at radius 1 is 1.00 bits per heavy atom. The molecule has 0 bridgehead atoms. The average Bonchev–Trinajstić information content (AvgIpc) is 2.60. The minimum atomic E-state index is -4.75. The van der Waals surface area contributed by atoms with Gasteiger partial charge >= 0.3 is 6.36 Å². The molecule has 2 aromatic carbocycles. The van der Waals surface area contributed by atoms with Gasteiger partial charge in [0.05, 0.1) is 7.11 Å². The lowest BCUT2D eigenvalue weighted by Crippen LogP contribution is -2.17. The van der Waals surface area contributed by atoms with Crippen molar-refractivity contribution >= 4 is 11.4 Å². The molecule has 2 aromatic rings.